The topological polar surface area (TPSA) is 49.3 Å². The van der Waals surface area contributed by atoms with E-state index >= 15 is 0 Å². The summed E-state index contributed by atoms with van der Waals surface area (Å²) in [5.41, 5.74) is 0.984. The molecule has 1 aliphatic heterocycles. The molecule has 92 valence electrons. The Morgan fingerprint density at radius 2 is 2.12 bits per heavy atom. The lowest BCUT2D eigenvalue weighted by Crippen LogP contribution is -2.11. The van der Waals surface area contributed by atoms with Crippen molar-refractivity contribution in [3.8, 4) is 5.75 Å². The molecule has 0 bridgehead atoms. The molecule has 1 atom stereocenters. The minimum absolute atomic E-state index is 0.248. The van der Waals surface area contributed by atoms with Gasteiger partial charge >= 0.3 is 0 Å². The number of phenolic OH excluding ortho intramolecular Hbond substituents is 1. The van der Waals surface area contributed by atoms with Crippen LogP contribution in [0.2, 0.25) is 0 Å². The third kappa shape index (κ3) is 3.86. The van der Waals surface area contributed by atoms with E-state index in [1.165, 1.54) is 6.42 Å². The van der Waals surface area contributed by atoms with Gasteiger partial charge in [-0.05, 0) is 49.5 Å². The Hall–Kier alpha value is -1.35. The summed E-state index contributed by atoms with van der Waals surface area (Å²) >= 11 is 0. The third-order valence-electron chi connectivity index (χ3n) is 3.33. The van der Waals surface area contributed by atoms with Crippen molar-refractivity contribution >= 4 is 5.78 Å². The maximum atomic E-state index is 11.8. The average Bonchev–Trinajstić information content (AvgIpc) is 2.83. The predicted molar refractivity (Wildman–Crippen MR) is 67.0 cm³/mol. The summed E-state index contributed by atoms with van der Waals surface area (Å²) in [5, 5.41) is 12.5. The van der Waals surface area contributed by atoms with E-state index in [2.05, 4.69) is 5.32 Å². The van der Waals surface area contributed by atoms with E-state index in [1.807, 2.05) is 12.1 Å². The van der Waals surface area contributed by atoms with Crippen LogP contribution in [0.4, 0.5) is 0 Å². The fraction of sp³-hybridized carbons (Fsp3) is 0.500. The zero-order chi connectivity index (χ0) is 12.1. The molecule has 2 rings (SSSR count). The Morgan fingerprint density at radius 3 is 2.76 bits per heavy atom. The second-order valence-electron chi connectivity index (χ2n) is 4.78. The molecule has 0 saturated carbocycles. The summed E-state index contributed by atoms with van der Waals surface area (Å²) < 4.78 is 0. The summed E-state index contributed by atoms with van der Waals surface area (Å²) in [4.78, 5) is 11.8. The van der Waals surface area contributed by atoms with Crippen LogP contribution in [0.15, 0.2) is 24.3 Å². The van der Waals surface area contributed by atoms with Gasteiger partial charge in [-0.2, -0.15) is 0 Å². The number of Topliss-reactive ketones (excluding diaryl/α,β-unsaturated/α-hetero) is 1. The van der Waals surface area contributed by atoms with Gasteiger partial charge in [0, 0.05) is 12.8 Å². The summed E-state index contributed by atoms with van der Waals surface area (Å²) in [6, 6.07) is 6.88. The van der Waals surface area contributed by atoms with Crippen molar-refractivity contribution in [1.82, 2.24) is 5.32 Å². The Kier molecular flexibility index (Phi) is 4.15. The molecule has 0 radical (unpaired) electrons. The smallest absolute Gasteiger partial charge is 0.137 e. The van der Waals surface area contributed by atoms with Crippen LogP contribution in [0.5, 0.6) is 5.75 Å². The van der Waals surface area contributed by atoms with E-state index < -0.39 is 0 Å². The molecule has 0 aliphatic carbocycles. The van der Waals surface area contributed by atoms with Gasteiger partial charge in [0.25, 0.3) is 0 Å². The standard InChI is InChI=1S/C14H19NO2/c16-13-4-1-11(2-5-13)9-14(17)6-3-12-7-8-15-10-12/h1-2,4-5,12,15-16H,3,6-10H2. The molecule has 1 aromatic rings. The number of rotatable bonds is 5. The normalized spacial score (nSPS) is 19.4. The molecule has 3 heteroatoms. The molecule has 1 aliphatic rings. The molecule has 1 fully saturated rings. The van der Waals surface area contributed by atoms with E-state index in [0.29, 0.717) is 24.5 Å². The number of ketones is 1. The maximum Gasteiger partial charge on any atom is 0.137 e. The minimum Gasteiger partial charge on any atom is -0.508 e. The first-order chi connectivity index (χ1) is 8.24. The highest BCUT2D eigenvalue weighted by Gasteiger charge is 2.15. The Labute approximate surface area is 102 Å². The molecule has 0 aromatic heterocycles. The highest BCUT2D eigenvalue weighted by molar-refractivity contribution is 5.80. The van der Waals surface area contributed by atoms with Crippen molar-refractivity contribution in [2.24, 2.45) is 5.92 Å². The maximum absolute atomic E-state index is 11.8. The first-order valence-electron chi connectivity index (χ1n) is 6.24. The summed E-state index contributed by atoms with van der Waals surface area (Å²) in [5.74, 6) is 1.22. The lowest BCUT2D eigenvalue weighted by Gasteiger charge is -2.07. The Morgan fingerprint density at radius 1 is 1.35 bits per heavy atom. The number of hydrogen-bond acceptors (Lipinski definition) is 3. The number of benzene rings is 1. The zero-order valence-corrected chi connectivity index (χ0v) is 9.98. The number of carbonyl (C=O) groups is 1. The van der Waals surface area contributed by atoms with Gasteiger partial charge < -0.3 is 10.4 Å². The zero-order valence-electron chi connectivity index (χ0n) is 9.98. The monoisotopic (exact) mass is 233 g/mol. The van der Waals surface area contributed by atoms with Gasteiger partial charge in [-0.25, -0.2) is 0 Å². The molecule has 3 nitrogen and oxygen atoms in total. The van der Waals surface area contributed by atoms with Crippen LogP contribution in [-0.2, 0) is 11.2 Å². The first-order valence-corrected chi connectivity index (χ1v) is 6.24. The molecular formula is C14H19NO2. The summed E-state index contributed by atoms with van der Waals surface area (Å²) in [6.45, 7) is 2.16. The fourth-order valence-corrected chi connectivity index (χ4v) is 2.26. The van der Waals surface area contributed by atoms with E-state index in [1.54, 1.807) is 12.1 Å². The van der Waals surface area contributed by atoms with Gasteiger partial charge in [0.2, 0.25) is 0 Å². The van der Waals surface area contributed by atoms with Crippen LogP contribution in [0.25, 0.3) is 0 Å². The molecule has 0 spiro atoms. The van der Waals surface area contributed by atoms with Gasteiger partial charge in [-0.3, -0.25) is 4.79 Å². The van der Waals surface area contributed by atoms with Gasteiger partial charge in [-0.1, -0.05) is 12.1 Å². The van der Waals surface area contributed by atoms with Crippen LogP contribution >= 0.6 is 0 Å². The van der Waals surface area contributed by atoms with Crippen LogP contribution in [-0.4, -0.2) is 24.0 Å². The quantitative estimate of drug-likeness (QED) is 0.816. The largest absolute Gasteiger partial charge is 0.508 e. The van der Waals surface area contributed by atoms with Crippen LogP contribution in [0.1, 0.15) is 24.8 Å². The van der Waals surface area contributed by atoms with Crippen LogP contribution < -0.4 is 5.32 Å². The number of aromatic hydroxyl groups is 1. The van der Waals surface area contributed by atoms with E-state index in [4.69, 9.17) is 5.11 Å². The van der Waals surface area contributed by atoms with Crippen molar-refractivity contribution in [1.29, 1.82) is 0 Å². The second kappa shape index (κ2) is 5.82. The SMILES string of the molecule is O=C(CCC1CCNC1)Cc1ccc(O)cc1. The number of nitrogens with one attached hydrogen (secondary N) is 1. The van der Waals surface area contributed by atoms with Gasteiger partial charge in [0.05, 0.1) is 0 Å². The molecule has 1 saturated heterocycles. The highest BCUT2D eigenvalue weighted by atomic mass is 16.3. The number of carbonyl (C=O) groups excluding carboxylic acids is 1. The lowest BCUT2D eigenvalue weighted by atomic mass is 9.98. The molecule has 1 aromatic carbocycles. The number of phenols is 1. The molecule has 0 amide bonds. The van der Waals surface area contributed by atoms with Gasteiger partial charge in [0.1, 0.15) is 11.5 Å². The molecule has 17 heavy (non-hydrogen) atoms. The van der Waals surface area contributed by atoms with Gasteiger partial charge in [0.15, 0.2) is 0 Å². The highest BCUT2D eigenvalue weighted by Crippen LogP contribution is 2.16. The van der Waals surface area contributed by atoms with E-state index in [-0.39, 0.29) is 5.75 Å². The van der Waals surface area contributed by atoms with E-state index in [9.17, 15) is 4.79 Å². The van der Waals surface area contributed by atoms with Crippen molar-refractivity contribution in [2.45, 2.75) is 25.7 Å². The summed E-state index contributed by atoms with van der Waals surface area (Å²) in [6.07, 6.45) is 3.37. The Bertz CT molecular complexity index is 366. The molecule has 1 heterocycles. The average molecular weight is 233 g/mol. The molecule has 1 unspecified atom stereocenters. The fourth-order valence-electron chi connectivity index (χ4n) is 2.26. The lowest BCUT2D eigenvalue weighted by molar-refractivity contribution is -0.118. The first kappa shape index (κ1) is 12.1. The molecular weight excluding hydrogens is 214 g/mol. The van der Waals surface area contributed by atoms with Crippen molar-refractivity contribution in [2.75, 3.05) is 13.1 Å². The van der Waals surface area contributed by atoms with Crippen LogP contribution in [0, 0.1) is 5.92 Å². The van der Waals surface area contributed by atoms with Gasteiger partial charge in [-0.15, -0.1) is 0 Å². The second-order valence-corrected chi connectivity index (χ2v) is 4.78. The van der Waals surface area contributed by atoms with Crippen molar-refractivity contribution < 1.29 is 9.90 Å². The van der Waals surface area contributed by atoms with Crippen molar-refractivity contribution in [3.05, 3.63) is 29.8 Å². The summed E-state index contributed by atoms with van der Waals surface area (Å²) in [7, 11) is 0. The van der Waals surface area contributed by atoms with E-state index in [0.717, 1.165) is 25.1 Å². The number of hydrogen-bond donors (Lipinski definition) is 2. The van der Waals surface area contributed by atoms with Crippen molar-refractivity contribution in [3.63, 3.8) is 0 Å². The Balaban J connectivity index is 1.74. The third-order valence-corrected chi connectivity index (χ3v) is 3.33. The minimum atomic E-state index is 0.248. The van der Waals surface area contributed by atoms with Crippen LogP contribution in [0.3, 0.4) is 0 Å². The predicted octanol–water partition coefficient (Wildman–Crippen LogP) is 1.89. The molecule has 2 N–H and O–H groups in total.